The Kier molecular flexibility index (Phi) is 3.64. The second-order valence-corrected chi connectivity index (χ2v) is 5.65. The molecular formula is C16H20N4O. The highest BCUT2D eigenvalue weighted by atomic mass is 16.1. The summed E-state index contributed by atoms with van der Waals surface area (Å²) in [4.78, 5) is 12.5. The van der Waals surface area contributed by atoms with Crippen molar-refractivity contribution in [3.8, 4) is 0 Å². The maximum atomic E-state index is 12.5. The molecule has 3 rings (SSSR count). The molecule has 0 saturated heterocycles. The lowest BCUT2D eigenvalue weighted by atomic mass is 9.90. The summed E-state index contributed by atoms with van der Waals surface area (Å²) in [5, 5.41) is 10.6. The molecule has 1 aromatic carbocycles. The molecule has 1 aliphatic rings. The van der Waals surface area contributed by atoms with Crippen molar-refractivity contribution < 1.29 is 4.79 Å². The first-order valence-corrected chi connectivity index (χ1v) is 7.33. The molecule has 0 fully saturated rings. The van der Waals surface area contributed by atoms with Crippen molar-refractivity contribution in [2.75, 3.05) is 17.2 Å². The second-order valence-electron chi connectivity index (χ2n) is 5.65. The molecule has 5 heteroatoms. The third kappa shape index (κ3) is 2.77. The van der Waals surface area contributed by atoms with Crippen LogP contribution >= 0.6 is 0 Å². The summed E-state index contributed by atoms with van der Waals surface area (Å²) >= 11 is 0. The van der Waals surface area contributed by atoms with Crippen molar-refractivity contribution in [2.45, 2.75) is 32.2 Å². The summed E-state index contributed by atoms with van der Waals surface area (Å²) in [5.74, 6) is -0.0721. The molecule has 1 amide bonds. The lowest BCUT2D eigenvalue weighted by Crippen LogP contribution is -2.27. The number of rotatable bonds is 3. The number of hydrogen-bond acceptors (Lipinski definition) is 3. The van der Waals surface area contributed by atoms with E-state index in [-0.39, 0.29) is 17.9 Å². The highest BCUT2D eigenvalue weighted by Crippen LogP contribution is 2.32. The normalized spacial score (nSPS) is 17.2. The van der Waals surface area contributed by atoms with Crippen molar-refractivity contribution in [3.63, 3.8) is 0 Å². The Morgan fingerprint density at radius 3 is 3.00 bits per heavy atom. The Morgan fingerprint density at radius 1 is 1.43 bits per heavy atom. The number of benzene rings is 1. The monoisotopic (exact) mass is 284 g/mol. The van der Waals surface area contributed by atoms with E-state index in [1.165, 1.54) is 0 Å². The van der Waals surface area contributed by atoms with E-state index in [1.807, 2.05) is 35.1 Å². The van der Waals surface area contributed by atoms with Gasteiger partial charge >= 0.3 is 0 Å². The Hall–Kier alpha value is -2.30. The molecule has 110 valence electrons. The summed E-state index contributed by atoms with van der Waals surface area (Å²) in [7, 11) is 0. The van der Waals surface area contributed by atoms with Crippen LogP contribution in [0.1, 0.15) is 37.8 Å². The van der Waals surface area contributed by atoms with Crippen molar-refractivity contribution in [1.82, 2.24) is 9.78 Å². The van der Waals surface area contributed by atoms with Crippen LogP contribution in [0, 0.1) is 0 Å². The fourth-order valence-corrected chi connectivity index (χ4v) is 2.66. The molecule has 2 aromatic rings. The van der Waals surface area contributed by atoms with Gasteiger partial charge in [0.1, 0.15) is 0 Å². The SMILES string of the molecule is CC(C)n1cc(NC(=O)C2CCNc3ccccc32)cn1. The third-order valence-corrected chi connectivity index (χ3v) is 3.80. The maximum Gasteiger partial charge on any atom is 0.232 e. The lowest BCUT2D eigenvalue weighted by molar-refractivity contribution is -0.117. The van der Waals surface area contributed by atoms with Gasteiger partial charge in [0.05, 0.1) is 17.8 Å². The highest BCUT2D eigenvalue weighted by Gasteiger charge is 2.26. The zero-order chi connectivity index (χ0) is 14.8. The number of anilines is 2. The summed E-state index contributed by atoms with van der Waals surface area (Å²) < 4.78 is 1.84. The summed E-state index contributed by atoms with van der Waals surface area (Å²) in [5.41, 5.74) is 2.88. The van der Waals surface area contributed by atoms with E-state index in [0.717, 1.165) is 29.9 Å². The average molecular weight is 284 g/mol. The Bertz CT molecular complexity index is 647. The molecule has 21 heavy (non-hydrogen) atoms. The van der Waals surface area contributed by atoms with Crippen molar-refractivity contribution in [3.05, 3.63) is 42.2 Å². The van der Waals surface area contributed by atoms with E-state index in [0.29, 0.717) is 0 Å². The largest absolute Gasteiger partial charge is 0.385 e. The van der Waals surface area contributed by atoms with Crippen LogP contribution in [-0.4, -0.2) is 22.2 Å². The first-order chi connectivity index (χ1) is 10.1. The molecule has 0 aliphatic carbocycles. The Balaban J connectivity index is 1.77. The molecule has 1 unspecified atom stereocenters. The van der Waals surface area contributed by atoms with Gasteiger partial charge in [-0.25, -0.2) is 0 Å². The predicted molar refractivity (Wildman–Crippen MR) is 83.5 cm³/mol. The number of para-hydroxylation sites is 1. The number of carbonyl (C=O) groups excluding carboxylic acids is 1. The van der Waals surface area contributed by atoms with E-state index >= 15 is 0 Å². The number of hydrogen-bond donors (Lipinski definition) is 2. The molecule has 2 N–H and O–H groups in total. The summed E-state index contributed by atoms with van der Waals surface area (Å²) in [6, 6.07) is 8.28. The van der Waals surface area contributed by atoms with Gasteiger partial charge in [-0.2, -0.15) is 5.10 Å². The van der Waals surface area contributed by atoms with Crippen LogP contribution in [0.4, 0.5) is 11.4 Å². The van der Waals surface area contributed by atoms with Crippen LogP contribution in [0.2, 0.25) is 0 Å². The van der Waals surface area contributed by atoms with E-state index in [4.69, 9.17) is 0 Å². The smallest absolute Gasteiger partial charge is 0.232 e. The highest BCUT2D eigenvalue weighted by molar-refractivity contribution is 5.97. The quantitative estimate of drug-likeness (QED) is 0.911. The average Bonchev–Trinajstić information content (AvgIpc) is 2.95. The first-order valence-electron chi connectivity index (χ1n) is 7.33. The van der Waals surface area contributed by atoms with Crippen LogP contribution in [0.3, 0.4) is 0 Å². The van der Waals surface area contributed by atoms with Gasteiger partial charge in [0.25, 0.3) is 0 Å². The van der Waals surface area contributed by atoms with Gasteiger partial charge in [0.2, 0.25) is 5.91 Å². The number of aromatic nitrogens is 2. The summed E-state index contributed by atoms with van der Waals surface area (Å²) in [6.07, 6.45) is 4.38. The second kappa shape index (κ2) is 5.60. The topological polar surface area (TPSA) is 59.0 Å². The van der Waals surface area contributed by atoms with Crippen molar-refractivity contribution >= 4 is 17.3 Å². The molecule has 5 nitrogen and oxygen atoms in total. The molecular weight excluding hydrogens is 264 g/mol. The molecule has 1 aliphatic heterocycles. The van der Waals surface area contributed by atoms with E-state index < -0.39 is 0 Å². The van der Waals surface area contributed by atoms with Gasteiger partial charge in [-0.1, -0.05) is 18.2 Å². The zero-order valence-corrected chi connectivity index (χ0v) is 12.3. The molecule has 0 bridgehead atoms. The standard InChI is InChI=1S/C16H20N4O/c1-11(2)20-10-12(9-18-20)19-16(21)14-7-8-17-15-6-4-3-5-13(14)15/h3-6,9-11,14,17H,7-8H2,1-2H3,(H,19,21). The zero-order valence-electron chi connectivity index (χ0n) is 12.3. The lowest BCUT2D eigenvalue weighted by Gasteiger charge is -2.25. The third-order valence-electron chi connectivity index (χ3n) is 3.80. The number of nitrogens with one attached hydrogen (secondary N) is 2. The first kappa shape index (κ1) is 13.7. The van der Waals surface area contributed by atoms with Gasteiger partial charge in [-0.3, -0.25) is 9.48 Å². The number of amides is 1. The van der Waals surface area contributed by atoms with Crippen LogP contribution < -0.4 is 10.6 Å². The molecule has 0 saturated carbocycles. The number of carbonyl (C=O) groups is 1. The van der Waals surface area contributed by atoms with E-state index in [2.05, 4.69) is 29.6 Å². The minimum atomic E-state index is -0.107. The van der Waals surface area contributed by atoms with Crippen LogP contribution in [0.15, 0.2) is 36.7 Å². The number of nitrogens with zero attached hydrogens (tertiary/aromatic N) is 2. The minimum Gasteiger partial charge on any atom is -0.385 e. The van der Waals surface area contributed by atoms with E-state index in [9.17, 15) is 4.79 Å². The van der Waals surface area contributed by atoms with Crippen molar-refractivity contribution in [2.24, 2.45) is 0 Å². The van der Waals surface area contributed by atoms with Gasteiger partial charge in [-0.15, -0.1) is 0 Å². The molecule has 0 radical (unpaired) electrons. The minimum absolute atomic E-state index is 0.0345. The Labute approximate surface area is 124 Å². The predicted octanol–water partition coefficient (Wildman–Crippen LogP) is 3.00. The molecule has 1 aromatic heterocycles. The molecule has 0 spiro atoms. The maximum absolute atomic E-state index is 12.5. The van der Waals surface area contributed by atoms with Gasteiger partial charge in [-0.05, 0) is 31.9 Å². The molecule has 1 atom stereocenters. The van der Waals surface area contributed by atoms with Crippen molar-refractivity contribution in [1.29, 1.82) is 0 Å². The fourth-order valence-electron chi connectivity index (χ4n) is 2.66. The van der Waals surface area contributed by atoms with Crippen LogP contribution in [-0.2, 0) is 4.79 Å². The van der Waals surface area contributed by atoms with Crippen LogP contribution in [0.5, 0.6) is 0 Å². The van der Waals surface area contributed by atoms with E-state index in [1.54, 1.807) is 6.20 Å². The van der Waals surface area contributed by atoms with Gasteiger partial charge < -0.3 is 10.6 Å². The molecule has 2 heterocycles. The van der Waals surface area contributed by atoms with Gasteiger partial charge in [0.15, 0.2) is 0 Å². The Morgan fingerprint density at radius 2 is 2.24 bits per heavy atom. The number of fused-ring (bicyclic) bond motifs is 1. The summed E-state index contributed by atoms with van der Waals surface area (Å²) in [6.45, 7) is 4.93. The fraction of sp³-hybridized carbons (Fsp3) is 0.375. The van der Waals surface area contributed by atoms with Crippen LogP contribution in [0.25, 0.3) is 0 Å². The van der Waals surface area contributed by atoms with Gasteiger partial charge in [0, 0.05) is 24.5 Å².